The number of nitrogens with one attached hydrogen (secondary N) is 1. The molecule has 0 aromatic carbocycles. The second-order valence-corrected chi connectivity index (χ2v) is 7.18. The van der Waals surface area contributed by atoms with E-state index in [0.717, 1.165) is 37.8 Å². The average Bonchev–Trinajstić information content (AvgIpc) is 3.04. The summed E-state index contributed by atoms with van der Waals surface area (Å²) in [5.41, 5.74) is -0.610. The molecule has 3 fully saturated rings. The lowest BCUT2D eigenvalue weighted by atomic mass is 9.85. The zero-order valence-electron chi connectivity index (χ0n) is 12.4. The molecule has 1 aliphatic heterocycles. The van der Waals surface area contributed by atoms with Crippen molar-refractivity contribution >= 4 is 5.91 Å². The number of piperidine rings is 1. The number of carbonyl (C=O) groups excluding carboxylic acids is 1. The van der Waals surface area contributed by atoms with E-state index in [1.807, 2.05) is 0 Å². The summed E-state index contributed by atoms with van der Waals surface area (Å²) in [5.74, 6) is 2.34. The molecule has 0 aromatic heterocycles. The minimum atomic E-state index is -0.610. The monoisotopic (exact) mass is 275 g/mol. The van der Waals surface area contributed by atoms with Gasteiger partial charge in [0, 0.05) is 19.5 Å². The molecule has 110 valence electrons. The fraction of sp³-hybridized carbons (Fsp3) is 0.875. The van der Waals surface area contributed by atoms with Gasteiger partial charge in [-0.1, -0.05) is 6.42 Å². The number of nitriles is 1. The first kappa shape index (κ1) is 13.9. The topological polar surface area (TPSA) is 56.1 Å². The van der Waals surface area contributed by atoms with Crippen LogP contribution < -0.4 is 5.32 Å². The fourth-order valence-corrected chi connectivity index (χ4v) is 4.45. The number of nitrogens with zero attached hydrogens (tertiary/aromatic N) is 2. The molecule has 0 spiro atoms. The molecule has 2 aliphatic carbocycles. The van der Waals surface area contributed by atoms with E-state index in [4.69, 9.17) is 0 Å². The Bertz CT molecular complexity index is 420. The summed E-state index contributed by atoms with van der Waals surface area (Å²) in [6.45, 7) is 1.78. The summed E-state index contributed by atoms with van der Waals surface area (Å²) >= 11 is 0. The van der Waals surface area contributed by atoms with Crippen molar-refractivity contribution in [2.75, 3.05) is 20.1 Å². The molecule has 0 radical (unpaired) electrons. The van der Waals surface area contributed by atoms with Gasteiger partial charge in [-0.15, -0.1) is 0 Å². The predicted octanol–water partition coefficient (Wildman–Crippen LogP) is 1.92. The first-order chi connectivity index (χ1) is 9.60. The van der Waals surface area contributed by atoms with Crippen LogP contribution in [-0.2, 0) is 4.79 Å². The van der Waals surface area contributed by atoms with Crippen LogP contribution in [0.4, 0.5) is 0 Å². The molecule has 3 unspecified atom stereocenters. The smallest absolute Gasteiger partial charge is 0.221 e. The largest absolute Gasteiger partial charge is 0.338 e. The molecule has 2 saturated carbocycles. The molecule has 0 aromatic rings. The van der Waals surface area contributed by atoms with Crippen molar-refractivity contribution in [2.24, 2.45) is 17.8 Å². The third-order valence-corrected chi connectivity index (χ3v) is 5.77. The van der Waals surface area contributed by atoms with Crippen molar-refractivity contribution in [1.29, 1.82) is 5.26 Å². The van der Waals surface area contributed by atoms with Gasteiger partial charge in [0.2, 0.25) is 5.91 Å². The van der Waals surface area contributed by atoms with Crippen LogP contribution in [0.3, 0.4) is 0 Å². The number of amides is 1. The van der Waals surface area contributed by atoms with E-state index in [9.17, 15) is 10.1 Å². The van der Waals surface area contributed by atoms with Crippen molar-refractivity contribution in [3.05, 3.63) is 0 Å². The van der Waals surface area contributed by atoms with Gasteiger partial charge < -0.3 is 10.2 Å². The van der Waals surface area contributed by atoms with E-state index in [-0.39, 0.29) is 5.91 Å². The molecule has 4 nitrogen and oxygen atoms in total. The average molecular weight is 275 g/mol. The normalized spacial score (nSPS) is 35.7. The molecule has 20 heavy (non-hydrogen) atoms. The highest BCUT2D eigenvalue weighted by atomic mass is 16.1. The summed E-state index contributed by atoms with van der Waals surface area (Å²) in [7, 11) is 2.07. The van der Waals surface area contributed by atoms with Gasteiger partial charge in [-0.3, -0.25) is 4.79 Å². The highest BCUT2D eigenvalue weighted by Crippen LogP contribution is 2.49. The number of rotatable bonds is 3. The maximum atomic E-state index is 12.3. The fourth-order valence-electron chi connectivity index (χ4n) is 4.45. The Labute approximate surface area is 121 Å². The molecule has 1 amide bonds. The van der Waals surface area contributed by atoms with Crippen LogP contribution in [0.25, 0.3) is 0 Å². The quantitative estimate of drug-likeness (QED) is 0.856. The Kier molecular flexibility index (Phi) is 3.72. The lowest BCUT2D eigenvalue weighted by Gasteiger charge is -2.36. The number of carbonyl (C=O) groups is 1. The molecule has 1 N–H and O–H groups in total. The predicted molar refractivity (Wildman–Crippen MR) is 76.8 cm³/mol. The van der Waals surface area contributed by atoms with E-state index in [0.29, 0.717) is 12.3 Å². The minimum absolute atomic E-state index is 0.105. The second kappa shape index (κ2) is 5.37. The molecule has 3 aliphatic rings. The van der Waals surface area contributed by atoms with Gasteiger partial charge in [-0.25, -0.2) is 0 Å². The zero-order valence-corrected chi connectivity index (χ0v) is 12.4. The summed E-state index contributed by atoms with van der Waals surface area (Å²) < 4.78 is 0. The van der Waals surface area contributed by atoms with E-state index < -0.39 is 5.54 Å². The van der Waals surface area contributed by atoms with Crippen LogP contribution in [0.2, 0.25) is 0 Å². The zero-order chi connectivity index (χ0) is 14.2. The van der Waals surface area contributed by atoms with Crippen LogP contribution in [0.1, 0.15) is 44.9 Å². The van der Waals surface area contributed by atoms with Crippen LogP contribution >= 0.6 is 0 Å². The van der Waals surface area contributed by atoms with Crippen LogP contribution in [0.15, 0.2) is 0 Å². The number of likely N-dealkylation sites (tertiary alicyclic amines) is 1. The third kappa shape index (κ3) is 2.69. The van der Waals surface area contributed by atoms with Crippen LogP contribution in [-0.4, -0.2) is 36.5 Å². The Morgan fingerprint density at radius 2 is 2.10 bits per heavy atom. The van der Waals surface area contributed by atoms with E-state index in [1.165, 1.54) is 25.7 Å². The van der Waals surface area contributed by atoms with Crippen molar-refractivity contribution in [3.8, 4) is 6.07 Å². The van der Waals surface area contributed by atoms with Crippen molar-refractivity contribution in [3.63, 3.8) is 0 Å². The SMILES string of the molecule is CN1CCC(C#N)(NC(=O)CC2CC3CCC2C3)CC1. The standard InChI is InChI=1S/C16H25N3O/c1-19-6-4-16(11-17,5-7-19)18-15(20)10-14-9-12-2-3-13(14)8-12/h12-14H,2-10H2,1H3,(H,18,20). The van der Waals surface area contributed by atoms with Gasteiger partial charge in [0.1, 0.15) is 5.54 Å². The summed E-state index contributed by atoms with van der Waals surface area (Å²) in [6, 6.07) is 2.37. The number of fused-ring (bicyclic) bond motifs is 2. The maximum Gasteiger partial charge on any atom is 0.221 e. The van der Waals surface area contributed by atoms with Gasteiger partial charge in [0.05, 0.1) is 6.07 Å². The second-order valence-electron chi connectivity index (χ2n) is 7.18. The molecule has 4 heteroatoms. The Hall–Kier alpha value is -1.08. The summed E-state index contributed by atoms with van der Waals surface area (Å²) in [4.78, 5) is 14.5. The molecule has 1 heterocycles. The van der Waals surface area contributed by atoms with Crippen LogP contribution in [0.5, 0.6) is 0 Å². The molecule has 2 bridgehead atoms. The van der Waals surface area contributed by atoms with E-state index in [2.05, 4.69) is 23.3 Å². The molecule has 3 atom stereocenters. The maximum absolute atomic E-state index is 12.3. The Morgan fingerprint density at radius 3 is 2.65 bits per heavy atom. The van der Waals surface area contributed by atoms with E-state index >= 15 is 0 Å². The highest BCUT2D eigenvalue weighted by Gasteiger charge is 2.41. The first-order valence-corrected chi connectivity index (χ1v) is 8.01. The lowest BCUT2D eigenvalue weighted by molar-refractivity contribution is -0.124. The molecular weight excluding hydrogens is 250 g/mol. The number of hydrogen-bond acceptors (Lipinski definition) is 3. The van der Waals surface area contributed by atoms with Crippen molar-refractivity contribution in [2.45, 2.75) is 50.5 Å². The van der Waals surface area contributed by atoms with Gasteiger partial charge in [0.25, 0.3) is 0 Å². The van der Waals surface area contributed by atoms with E-state index in [1.54, 1.807) is 0 Å². The number of hydrogen-bond donors (Lipinski definition) is 1. The Balaban J connectivity index is 1.54. The minimum Gasteiger partial charge on any atom is -0.338 e. The van der Waals surface area contributed by atoms with Crippen LogP contribution in [0, 0.1) is 29.1 Å². The third-order valence-electron chi connectivity index (χ3n) is 5.77. The van der Waals surface area contributed by atoms with Crippen molar-refractivity contribution in [1.82, 2.24) is 10.2 Å². The molecule has 1 saturated heterocycles. The highest BCUT2D eigenvalue weighted by molar-refractivity contribution is 5.77. The molecule has 3 rings (SSSR count). The van der Waals surface area contributed by atoms with Crippen molar-refractivity contribution < 1.29 is 4.79 Å². The summed E-state index contributed by atoms with van der Waals surface area (Å²) in [6.07, 6.45) is 7.41. The van der Waals surface area contributed by atoms with Gasteiger partial charge >= 0.3 is 0 Å². The Morgan fingerprint density at radius 1 is 1.35 bits per heavy atom. The first-order valence-electron chi connectivity index (χ1n) is 8.01. The molecular formula is C16H25N3O. The van der Waals surface area contributed by atoms with Gasteiger partial charge in [-0.2, -0.15) is 5.26 Å². The van der Waals surface area contributed by atoms with Gasteiger partial charge in [-0.05, 0) is 56.9 Å². The van der Waals surface area contributed by atoms with Gasteiger partial charge in [0.15, 0.2) is 0 Å². The lowest BCUT2D eigenvalue weighted by Crippen LogP contribution is -2.54. The summed E-state index contributed by atoms with van der Waals surface area (Å²) in [5, 5.41) is 12.5.